The quantitative estimate of drug-likeness (QED) is 0.801. The molecule has 0 aliphatic carbocycles. The summed E-state index contributed by atoms with van der Waals surface area (Å²) in [7, 11) is 0. The summed E-state index contributed by atoms with van der Waals surface area (Å²) < 4.78 is 5.04. The Kier molecular flexibility index (Phi) is 7.68. The van der Waals surface area contributed by atoms with Crippen LogP contribution in [0.4, 0.5) is 4.79 Å². The normalized spacial score (nSPS) is 18.9. The van der Waals surface area contributed by atoms with Gasteiger partial charge in [0.15, 0.2) is 0 Å². The summed E-state index contributed by atoms with van der Waals surface area (Å²) in [6, 6.07) is 10.8. The smallest absolute Gasteiger partial charge is 0.409 e. The van der Waals surface area contributed by atoms with E-state index in [4.69, 9.17) is 4.74 Å². The van der Waals surface area contributed by atoms with Gasteiger partial charge >= 0.3 is 6.09 Å². The first kappa shape index (κ1) is 20.6. The van der Waals surface area contributed by atoms with Gasteiger partial charge in [0, 0.05) is 51.9 Å². The summed E-state index contributed by atoms with van der Waals surface area (Å²) in [4.78, 5) is 30.4. The molecule has 2 fully saturated rings. The third kappa shape index (κ3) is 5.94. The maximum atomic E-state index is 12.5. The molecule has 1 N–H and O–H groups in total. The third-order valence-electron chi connectivity index (χ3n) is 5.54. The number of amides is 2. The van der Waals surface area contributed by atoms with Crippen molar-refractivity contribution < 1.29 is 14.3 Å². The molecular formula is C21H32N4O3. The summed E-state index contributed by atoms with van der Waals surface area (Å²) in [6.45, 7) is 8.32. The lowest BCUT2D eigenvalue weighted by Gasteiger charge is -2.36. The Morgan fingerprint density at radius 1 is 1.00 bits per heavy atom. The minimum atomic E-state index is -0.231. The molecule has 28 heavy (non-hydrogen) atoms. The summed E-state index contributed by atoms with van der Waals surface area (Å²) in [5.74, 6) is 0.173. The van der Waals surface area contributed by atoms with E-state index in [1.807, 2.05) is 17.9 Å². The molecule has 2 saturated heterocycles. The molecule has 2 heterocycles. The van der Waals surface area contributed by atoms with Gasteiger partial charge in [-0.1, -0.05) is 30.3 Å². The second kappa shape index (κ2) is 10.4. The van der Waals surface area contributed by atoms with Gasteiger partial charge in [-0.3, -0.25) is 9.69 Å². The number of nitrogens with one attached hydrogen (secondary N) is 1. The van der Waals surface area contributed by atoms with Crippen LogP contribution in [0.5, 0.6) is 0 Å². The van der Waals surface area contributed by atoms with Gasteiger partial charge in [-0.25, -0.2) is 4.79 Å². The van der Waals surface area contributed by atoms with Crippen LogP contribution in [-0.2, 0) is 16.1 Å². The molecule has 2 aliphatic heterocycles. The molecule has 0 atom stereocenters. The lowest BCUT2D eigenvalue weighted by atomic mass is 10.1. The third-order valence-corrected chi connectivity index (χ3v) is 5.54. The topological polar surface area (TPSA) is 65.1 Å². The average molecular weight is 389 g/mol. The predicted octanol–water partition coefficient (Wildman–Crippen LogP) is 1.54. The number of hydrogen-bond acceptors (Lipinski definition) is 5. The van der Waals surface area contributed by atoms with E-state index in [1.165, 1.54) is 5.56 Å². The minimum absolute atomic E-state index is 0.173. The van der Waals surface area contributed by atoms with Gasteiger partial charge in [0.25, 0.3) is 0 Å². The van der Waals surface area contributed by atoms with E-state index in [2.05, 4.69) is 34.5 Å². The predicted molar refractivity (Wildman–Crippen MR) is 108 cm³/mol. The maximum absolute atomic E-state index is 12.5. The molecule has 154 valence electrons. The molecular weight excluding hydrogens is 356 g/mol. The molecule has 0 aromatic heterocycles. The number of nitrogens with zero attached hydrogens (tertiary/aromatic N) is 3. The van der Waals surface area contributed by atoms with Gasteiger partial charge in [0.1, 0.15) is 0 Å². The van der Waals surface area contributed by atoms with Crippen molar-refractivity contribution in [2.24, 2.45) is 0 Å². The van der Waals surface area contributed by atoms with Gasteiger partial charge in [-0.15, -0.1) is 0 Å². The van der Waals surface area contributed by atoms with E-state index < -0.39 is 0 Å². The number of carbonyl (C=O) groups excluding carboxylic acids is 2. The summed E-state index contributed by atoms with van der Waals surface area (Å²) in [5.41, 5.74) is 1.32. The number of rotatable bonds is 6. The minimum Gasteiger partial charge on any atom is -0.450 e. The van der Waals surface area contributed by atoms with Crippen molar-refractivity contribution in [1.82, 2.24) is 20.0 Å². The fourth-order valence-corrected chi connectivity index (χ4v) is 3.82. The SMILES string of the molecule is CCOC(=O)N1CCC(NCC(=O)N2CCN(Cc3ccccc3)CC2)CC1. The van der Waals surface area contributed by atoms with Crippen LogP contribution in [0.2, 0.25) is 0 Å². The zero-order chi connectivity index (χ0) is 19.8. The van der Waals surface area contributed by atoms with Crippen LogP contribution in [-0.4, -0.2) is 85.2 Å². The fraction of sp³-hybridized carbons (Fsp3) is 0.619. The number of benzene rings is 1. The van der Waals surface area contributed by atoms with Crippen molar-refractivity contribution in [3.8, 4) is 0 Å². The van der Waals surface area contributed by atoms with E-state index >= 15 is 0 Å². The lowest BCUT2D eigenvalue weighted by molar-refractivity contribution is -0.132. The van der Waals surface area contributed by atoms with Gasteiger partial charge < -0.3 is 19.9 Å². The second-order valence-electron chi connectivity index (χ2n) is 7.48. The molecule has 2 aliphatic rings. The molecule has 0 saturated carbocycles. The molecule has 0 unspecified atom stereocenters. The number of ether oxygens (including phenoxy) is 1. The standard InChI is InChI=1S/C21H32N4O3/c1-2-28-21(27)25-10-8-19(9-11-25)22-16-20(26)24-14-12-23(13-15-24)17-18-6-4-3-5-7-18/h3-7,19,22H,2,8-17H2,1H3. The highest BCUT2D eigenvalue weighted by Crippen LogP contribution is 2.12. The van der Waals surface area contributed by atoms with Crippen LogP contribution in [0.1, 0.15) is 25.3 Å². The number of piperazine rings is 1. The van der Waals surface area contributed by atoms with Gasteiger partial charge in [0.2, 0.25) is 5.91 Å². The van der Waals surface area contributed by atoms with Gasteiger partial charge in [-0.2, -0.15) is 0 Å². The molecule has 2 amide bonds. The average Bonchev–Trinajstić information content (AvgIpc) is 2.74. The summed E-state index contributed by atoms with van der Waals surface area (Å²) in [5, 5.41) is 3.38. The molecule has 0 radical (unpaired) electrons. The summed E-state index contributed by atoms with van der Waals surface area (Å²) >= 11 is 0. The van der Waals surface area contributed by atoms with Crippen LogP contribution in [0.3, 0.4) is 0 Å². The van der Waals surface area contributed by atoms with Crippen LogP contribution >= 0.6 is 0 Å². The Bertz CT molecular complexity index is 624. The lowest BCUT2D eigenvalue weighted by Crippen LogP contribution is -2.52. The van der Waals surface area contributed by atoms with Crippen LogP contribution in [0, 0.1) is 0 Å². The zero-order valence-corrected chi connectivity index (χ0v) is 16.8. The molecule has 1 aromatic rings. The molecule has 0 bridgehead atoms. The van der Waals surface area contributed by atoms with Crippen molar-refractivity contribution in [2.75, 3.05) is 52.4 Å². The van der Waals surface area contributed by atoms with Crippen molar-refractivity contribution in [3.05, 3.63) is 35.9 Å². The van der Waals surface area contributed by atoms with Crippen LogP contribution in [0.25, 0.3) is 0 Å². The highest BCUT2D eigenvalue weighted by Gasteiger charge is 2.25. The van der Waals surface area contributed by atoms with Gasteiger partial charge in [0.05, 0.1) is 13.2 Å². The molecule has 7 heteroatoms. The van der Waals surface area contributed by atoms with Crippen LogP contribution < -0.4 is 5.32 Å². The van der Waals surface area contributed by atoms with E-state index in [1.54, 1.807) is 4.90 Å². The van der Waals surface area contributed by atoms with Crippen molar-refractivity contribution in [2.45, 2.75) is 32.4 Å². The monoisotopic (exact) mass is 388 g/mol. The van der Waals surface area contributed by atoms with Gasteiger partial charge in [-0.05, 0) is 25.3 Å². The van der Waals surface area contributed by atoms with E-state index in [-0.39, 0.29) is 18.0 Å². The van der Waals surface area contributed by atoms with E-state index in [9.17, 15) is 9.59 Å². The van der Waals surface area contributed by atoms with E-state index in [0.717, 1.165) is 45.6 Å². The Balaban J connectivity index is 1.32. The first-order valence-electron chi connectivity index (χ1n) is 10.3. The largest absolute Gasteiger partial charge is 0.450 e. The Morgan fingerprint density at radius 2 is 1.68 bits per heavy atom. The molecule has 7 nitrogen and oxygen atoms in total. The van der Waals surface area contributed by atoms with Crippen LogP contribution in [0.15, 0.2) is 30.3 Å². The Hall–Kier alpha value is -2.12. The molecule has 3 rings (SSSR count). The number of hydrogen-bond donors (Lipinski definition) is 1. The molecule has 1 aromatic carbocycles. The highest BCUT2D eigenvalue weighted by atomic mass is 16.6. The van der Waals surface area contributed by atoms with Crippen molar-refractivity contribution in [3.63, 3.8) is 0 Å². The number of carbonyl (C=O) groups is 2. The van der Waals surface area contributed by atoms with E-state index in [0.29, 0.717) is 26.2 Å². The number of likely N-dealkylation sites (tertiary alicyclic amines) is 1. The zero-order valence-electron chi connectivity index (χ0n) is 16.8. The highest BCUT2D eigenvalue weighted by molar-refractivity contribution is 5.78. The second-order valence-corrected chi connectivity index (χ2v) is 7.48. The first-order chi connectivity index (χ1) is 13.7. The Labute approximate surface area is 167 Å². The number of piperidine rings is 1. The fourth-order valence-electron chi connectivity index (χ4n) is 3.82. The maximum Gasteiger partial charge on any atom is 0.409 e. The molecule has 0 spiro atoms. The first-order valence-corrected chi connectivity index (χ1v) is 10.3. The Morgan fingerprint density at radius 3 is 2.32 bits per heavy atom. The summed E-state index contributed by atoms with van der Waals surface area (Å²) in [6.07, 6.45) is 1.49. The van der Waals surface area contributed by atoms with Crippen molar-refractivity contribution in [1.29, 1.82) is 0 Å². The van der Waals surface area contributed by atoms with Crippen molar-refractivity contribution >= 4 is 12.0 Å².